The molecule has 1 heterocycles. The van der Waals surface area contributed by atoms with Gasteiger partial charge in [0.1, 0.15) is 0 Å². The summed E-state index contributed by atoms with van der Waals surface area (Å²) in [6.07, 6.45) is 11.8. The molecule has 4 atom stereocenters. The number of amides is 2. The summed E-state index contributed by atoms with van der Waals surface area (Å²) in [6.45, 7) is 0.890. The van der Waals surface area contributed by atoms with Crippen LogP contribution in [0, 0.1) is 17.8 Å². The third-order valence-corrected chi connectivity index (χ3v) is 6.37. The quantitative estimate of drug-likeness (QED) is 0.840. The average molecular weight is 292 g/mol. The van der Waals surface area contributed by atoms with Gasteiger partial charge in [0.25, 0.3) is 0 Å². The summed E-state index contributed by atoms with van der Waals surface area (Å²) in [6, 6.07) is 0.841. The van der Waals surface area contributed by atoms with E-state index in [4.69, 9.17) is 4.74 Å². The molecule has 0 bridgehead atoms. The van der Waals surface area contributed by atoms with E-state index in [1.807, 2.05) is 0 Å². The van der Waals surface area contributed by atoms with Crippen molar-refractivity contribution in [1.29, 1.82) is 0 Å². The molecule has 21 heavy (non-hydrogen) atoms. The van der Waals surface area contributed by atoms with Crippen molar-refractivity contribution in [2.24, 2.45) is 17.8 Å². The van der Waals surface area contributed by atoms with Gasteiger partial charge in [0.15, 0.2) is 0 Å². The molecule has 0 radical (unpaired) electrons. The Morgan fingerprint density at radius 2 is 1.62 bits per heavy atom. The van der Waals surface area contributed by atoms with Crippen LogP contribution in [0.15, 0.2) is 0 Å². The zero-order valence-electron chi connectivity index (χ0n) is 12.9. The maximum absolute atomic E-state index is 12.3. The molecule has 0 aromatic carbocycles. The number of hydrogen-bond acceptors (Lipinski definition) is 2. The second-order valence-corrected chi connectivity index (χ2v) is 7.53. The molecule has 0 spiro atoms. The summed E-state index contributed by atoms with van der Waals surface area (Å²) in [5, 5.41) is 6.49. The van der Waals surface area contributed by atoms with Crippen LogP contribution in [0.5, 0.6) is 0 Å². The van der Waals surface area contributed by atoms with Gasteiger partial charge in [0.2, 0.25) is 0 Å². The zero-order chi connectivity index (χ0) is 14.2. The minimum absolute atomic E-state index is 0.0697. The Morgan fingerprint density at radius 1 is 0.905 bits per heavy atom. The highest BCUT2D eigenvalue weighted by Gasteiger charge is 2.57. The van der Waals surface area contributed by atoms with Crippen molar-refractivity contribution in [3.8, 4) is 0 Å². The van der Waals surface area contributed by atoms with E-state index >= 15 is 0 Å². The molecule has 2 N–H and O–H groups in total. The van der Waals surface area contributed by atoms with Gasteiger partial charge in [-0.2, -0.15) is 0 Å². The number of carbonyl (C=O) groups is 1. The number of hydrogen-bond donors (Lipinski definition) is 2. The van der Waals surface area contributed by atoms with Gasteiger partial charge in [-0.1, -0.05) is 38.5 Å². The van der Waals surface area contributed by atoms with Crippen LogP contribution in [0.1, 0.15) is 57.8 Å². The lowest BCUT2D eigenvalue weighted by Gasteiger charge is -2.50. The third kappa shape index (κ3) is 2.56. The molecule has 118 valence electrons. The van der Waals surface area contributed by atoms with Crippen LogP contribution in [0.25, 0.3) is 0 Å². The Hall–Kier alpha value is -0.770. The molecule has 0 aromatic rings. The van der Waals surface area contributed by atoms with Gasteiger partial charge in [0.05, 0.1) is 6.10 Å². The van der Waals surface area contributed by atoms with Gasteiger partial charge < -0.3 is 15.4 Å². The van der Waals surface area contributed by atoms with E-state index in [9.17, 15) is 4.79 Å². The maximum atomic E-state index is 12.3. The summed E-state index contributed by atoms with van der Waals surface area (Å²) in [5.74, 6) is 1.93. The standard InChI is InChI=1S/C17H28N2O2/c20-17(18-12-7-3-4-8-12)19-15-13-9-10-21-16(13)14(15)11-5-1-2-6-11/h11-16H,1-10H2,(H2,18,19,20)/t13-,14+,15-,16-/m0/s1. The summed E-state index contributed by atoms with van der Waals surface area (Å²) in [7, 11) is 0. The third-order valence-electron chi connectivity index (χ3n) is 6.37. The highest BCUT2D eigenvalue weighted by atomic mass is 16.5. The van der Waals surface area contributed by atoms with E-state index in [-0.39, 0.29) is 6.03 Å². The zero-order valence-corrected chi connectivity index (χ0v) is 12.9. The minimum Gasteiger partial charge on any atom is -0.377 e. The lowest BCUT2D eigenvalue weighted by atomic mass is 9.61. The number of ether oxygens (including phenoxy) is 1. The largest absolute Gasteiger partial charge is 0.377 e. The molecule has 1 saturated heterocycles. The first kappa shape index (κ1) is 13.9. The highest BCUT2D eigenvalue weighted by molar-refractivity contribution is 5.75. The van der Waals surface area contributed by atoms with Crippen LogP contribution in [0.2, 0.25) is 0 Å². The molecule has 2 amide bonds. The number of carbonyl (C=O) groups excluding carboxylic acids is 1. The SMILES string of the molecule is O=C(NC1CCCC1)N[C@H]1[C@@H]2CCO[C@@H]2[C@@H]1C1CCCC1. The van der Waals surface area contributed by atoms with Crippen molar-refractivity contribution in [3.05, 3.63) is 0 Å². The van der Waals surface area contributed by atoms with Crippen LogP contribution < -0.4 is 10.6 Å². The predicted molar refractivity (Wildman–Crippen MR) is 81.0 cm³/mol. The normalized spacial score (nSPS) is 40.0. The first-order chi connectivity index (χ1) is 10.3. The Balaban J connectivity index is 1.36. The highest BCUT2D eigenvalue weighted by Crippen LogP contribution is 2.51. The number of urea groups is 1. The van der Waals surface area contributed by atoms with Crippen molar-refractivity contribution < 1.29 is 9.53 Å². The van der Waals surface area contributed by atoms with Crippen LogP contribution in [-0.4, -0.2) is 30.8 Å². The number of rotatable bonds is 3. The smallest absolute Gasteiger partial charge is 0.315 e. The second-order valence-electron chi connectivity index (χ2n) is 7.53. The Kier molecular flexibility index (Phi) is 3.82. The topological polar surface area (TPSA) is 50.4 Å². The van der Waals surface area contributed by atoms with E-state index in [1.54, 1.807) is 0 Å². The molecular weight excluding hydrogens is 264 g/mol. The Labute approximate surface area is 127 Å². The van der Waals surface area contributed by atoms with Gasteiger partial charge >= 0.3 is 6.03 Å². The summed E-state index contributed by atoms with van der Waals surface area (Å²) >= 11 is 0. The van der Waals surface area contributed by atoms with Gasteiger partial charge in [-0.05, 0) is 25.2 Å². The Bertz CT molecular complexity index is 383. The minimum atomic E-state index is 0.0697. The number of fused-ring (bicyclic) bond motifs is 1. The molecule has 0 unspecified atom stereocenters. The monoisotopic (exact) mass is 292 g/mol. The summed E-state index contributed by atoms with van der Waals surface area (Å²) < 4.78 is 5.95. The van der Waals surface area contributed by atoms with E-state index in [2.05, 4.69) is 10.6 Å². The first-order valence-corrected chi connectivity index (χ1v) is 9.01. The predicted octanol–water partition coefficient (Wildman–Crippen LogP) is 2.82. The molecule has 0 aromatic heterocycles. The van der Waals surface area contributed by atoms with E-state index < -0.39 is 0 Å². The van der Waals surface area contributed by atoms with Gasteiger partial charge in [0, 0.05) is 30.5 Å². The summed E-state index contributed by atoms with van der Waals surface area (Å²) in [5.41, 5.74) is 0. The van der Waals surface area contributed by atoms with Gasteiger partial charge in [-0.15, -0.1) is 0 Å². The van der Waals surface area contributed by atoms with Crippen molar-refractivity contribution in [2.75, 3.05) is 6.61 Å². The van der Waals surface area contributed by atoms with Crippen molar-refractivity contribution in [1.82, 2.24) is 10.6 Å². The first-order valence-electron chi connectivity index (χ1n) is 9.01. The fraction of sp³-hybridized carbons (Fsp3) is 0.941. The molecule has 4 nitrogen and oxygen atoms in total. The maximum Gasteiger partial charge on any atom is 0.315 e. The van der Waals surface area contributed by atoms with E-state index in [0.717, 1.165) is 31.8 Å². The van der Waals surface area contributed by atoms with Gasteiger partial charge in [-0.3, -0.25) is 0 Å². The molecular formula is C17H28N2O2. The molecule has 4 rings (SSSR count). The molecule has 3 saturated carbocycles. The lowest BCUT2D eigenvalue weighted by Crippen LogP contribution is -2.64. The van der Waals surface area contributed by atoms with Crippen LogP contribution in [-0.2, 0) is 4.74 Å². The van der Waals surface area contributed by atoms with Gasteiger partial charge in [-0.25, -0.2) is 4.79 Å². The molecule has 4 aliphatic rings. The van der Waals surface area contributed by atoms with Crippen molar-refractivity contribution >= 4 is 6.03 Å². The molecule has 4 heteroatoms. The molecule has 3 aliphatic carbocycles. The van der Waals surface area contributed by atoms with E-state index in [0.29, 0.717) is 30.0 Å². The molecule has 1 aliphatic heterocycles. The molecule has 4 fully saturated rings. The van der Waals surface area contributed by atoms with Crippen LogP contribution >= 0.6 is 0 Å². The van der Waals surface area contributed by atoms with Crippen molar-refractivity contribution in [2.45, 2.75) is 76.0 Å². The van der Waals surface area contributed by atoms with Crippen molar-refractivity contribution in [3.63, 3.8) is 0 Å². The van der Waals surface area contributed by atoms with Crippen LogP contribution in [0.4, 0.5) is 4.79 Å². The Morgan fingerprint density at radius 3 is 2.38 bits per heavy atom. The second kappa shape index (κ2) is 5.79. The lowest BCUT2D eigenvalue weighted by molar-refractivity contribution is -0.0776. The summed E-state index contributed by atoms with van der Waals surface area (Å²) in [4.78, 5) is 12.3. The fourth-order valence-corrected chi connectivity index (χ4v) is 5.31. The average Bonchev–Trinajstić information content (AvgIpc) is 3.18. The number of nitrogens with one attached hydrogen (secondary N) is 2. The van der Waals surface area contributed by atoms with E-state index in [1.165, 1.54) is 38.5 Å². The fourth-order valence-electron chi connectivity index (χ4n) is 5.31. The van der Waals surface area contributed by atoms with Crippen LogP contribution in [0.3, 0.4) is 0 Å².